The number of nitrogens with zero attached hydrogens (tertiary/aromatic N) is 2. The van der Waals surface area contributed by atoms with Crippen molar-refractivity contribution in [3.63, 3.8) is 0 Å². The summed E-state index contributed by atoms with van der Waals surface area (Å²) in [4.78, 5) is 3.82. The second-order valence-corrected chi connectivity index (χ2v) is 5.78. The van der Waals surface area contributed by atoms with Gasteiger partial charge in [0.05, 0.1) is 12.1 Å². The van der Waals surface area contributed by atoms with E-state index >= 15 is 0 Å². The van der Waals surface area contributed by atoms with Gasteiger partial charge < -0.3 is 14.9 Å². The maximum Gasteiger partial charge on any atom is 0.162 e. The molecule has 2 atom stereocenters. The second-order valence-electron chi connectivity index (χ2n) is 5.78. The molecule has 0 aromatic rings. The predicted molar refractivity (Wildman–Crippen MR) is 65.6 cm³/mol. The van der Waals surface area contributed by atoms with Crippen LogP contribution in [0.4, 0.5) is 0 Å². The van der Waals surface area contributed by atoms with Crippen LogP contribution in [0.15, 0.2) is 4.99 Å². The van der Waals surface area contributed by atoms with Crippen LogP contribution in [0.5, 0.6) is 0 Å². The molecule has 1 N–H and O–H groups in total. The van der Waals surface area contributed by atoms with E-state index in [1.54, 1.807) is 26.8 Å². The van der Waals surface area contributed by atoms with Gasteiger partial charge in [-0.25, -0.2) is 0 Å². The summed E-state index contributed by atoms with van der Waals surface area (Å²) < 4.78 is 5.07. The zero-order chi connectivity index (χ0) is 13.8. The van der Waals surface area contributed by atoms with Crippen molar-refractivity contribution in [2.45, 2.75) is 64.2 Å². The Bertz CT molecular complexity index is 337. The third-order valence-electron chi connectivity index (χ3n) is 2.96. The highest BCUT2D eigenvalue weighted by Crippen LogP contribution is 2.32. The summed E-state index contributed by atoms with van der Waals surface area (Å²) in [6.07, 6.45) is 1.97. The first-order valence-corrected chi connectivity index (χ1v) is 6.33. The fourth-order valence-corrected chi connectivity index (χ4v) is 1.83. The number of nitriles is 1. The zero-order valence-corrected chi connectivity index (χ0v) is 11.2. The average Bonchev–Trinajstić information content (AvgIpc) is 2.17. The summed E-state index contributed by atoms with van der Waals surface area (Å²) in [5.74, 6) is 0.462. The van der Waals surface area contributed by atoms with Crippen LogP contribution < -0.4 is 5.11 Å². The Balaban J connectivity index is 2.64. The molecular formula is C13H21N2O3-. The maximum absolute atomic E-state index is 11.6. The van der Waals surface area contributed by atoms with Crippen LogP contribution in [0.3, 0.4) is 0 Å². The summed E-state index contributed by atoms with van der Waals surface area (Å²) >= 11 is 0. The van der Waals surface area contributed by atoms with Crippen molar-refractivity contribution >= 4 is 6.08 Å². The molecule has 18 heavy (non-hydrogen) atoms. The summed E-state index contributed by atoms with van der Waals surface area (Å²) in [5, 5.41) is 29.9. The number of hydrogen-bond acceptors (Lipinski definition) is 5. The molecule has 1 saturated carbocycles. The number of aliphatic hydroxyl groups excluding tert-OH is 1. The Morgan fingerprint density at radius 3 is 2.56 bits per heavy atom. The molecule has 5 heteroatoms. The monoisotopic (exact) mass is 253 g/mol. The molecule has 1 aliphatic carbocycles. The van der Waals surface area contributed by atoms with Gasteiger partial charge in [0.2, 0.25) is 0 Å². The van der Waals surface area contributed by atoms with E-state index in [9.17, 15) is 10.2 Å². The van der Waals surface area contributed by atoms with Gasteiger partial charge in [-0.05, 0) is 12.3 Å². The SMILES string of the molecule is CC(C)(C)OC([O-])=NC(CC1CCC1)C(O)C#N. The Labute approximate surface area is 108 Å². The van der Waals surface area contributed by atoms with E-state index in [2.05, 4.69) is 4.99 Å². The lowest BCUT2D eigenvalue weighted by atomic mass is 9.80. The summed E-state index contributed by atoms with van der Waals surface area (Å²) in [7, 11) is 0. The van der Waals surface area contributed by atoms with E-state index in [1.807, 2.05) is 0 Å². The fraction of sp³-hybridized carbons (Fsp3) is 0.846. The molecule has 1 aliphatic rings. The van der Waals surface area contributed by atoms with Crippen molar-refractivity contribution in [3.05, 3.63) is 0 Å². The van der Waals surface area contributed by atoms with E-state index in [4.69, 9.17) is 10.00 Å². The van der Waals surface area contributed by atoms with Gasteiger partial charge in [-0.15, -0.1) is 0 Å². The van der Waals surface area contributed by atoms with Crippen molar-refractivity contribution in [3.8, 4) is 6.07 Å². The Hall–Kier alpha value is -1.28. The molecule has 5 nitrogen and oxygen atoms in total. The molecule has 0 spiro atoms. The number of aliphatic hydroxyl groups is 1. The quantitative estimate of drug-likeness (QED) is 0.459. The molecule has 0 aromatic heterocycles. The highest BCUT2D eigenvalue weighted by molar-refractivity contribution is 5.62. The van der Waals surface area contributed by atoms with Crippen LogP contribution in [0.2, 0.25) is 0 Å². The first kappa shape index (κ1) is 14.8. The molecule has 0 heterocycles. The lowest BCUT2D eigenvalue weighted by Crippen LogP contribution is -2.36. The van der Waals surface area contributed by atoms with Crippen molar-refractivity contribution < 1.29 is 14.9 Å². The minimum Gasteiger partial charge on any atom is -0.595 e. The van der Waals surface area contributed by atoms with Crippen LogP contribution >= 0.6 is 0 Å². The molecule has 1 fully saturated rings. The number of rotatable bonds is 4. The molecule has 102 valence electrons. The summed E-state index contributed by atoms with van der Waals surface area (Å²) in [6.45, 7) is 5.26. The normalized spacial score (nSPS) is 20.7. The van der Waals surface area contributed by atoms with Crippen molar-refractivity contribution in [1.82, 2.24) is 0 Å². The van der Waals surface area contributed by atoms with Gasteiger partial charge in [0, 0.05) is 5.60 Å². The minimum absolute atomic E-state index is 0.462. The van der Waals surface area contributed by atoms with E-state index in [-0.39, 0.29) is 0 Å². The lowest BCUT2D eigenvalue weighted by molar-refractivity contribution is -0.261. The molecule has 0 aromatic carbocycles. The Morgan fingerprint density at radius 1 is 1.56 bits per heavy atom. The Kier molecular flexibility index (Phi) is 4.97. The lowest BCUT2D eigenvalue weighted by Gasteiger charge is -2.32. The number of aliphatic imine (C=N–C) groups is 1. The minimum atomic E-state index is -1.24. The standard InChI is InChI=1S/C13H22N2O3/c1-13(2,3)18-12(17)15-10(11(16)8-14)7-9-5-4-6-9/h9-11,16H,4-7H2,1-3H3,(H,15,17)/p-1. The summed E-state index contributed by atoms with van der Waals surface area (Å²) in [6, 6.07) is 1.07. The smallest absolute Gasteiger partial charge is 0.162 e. The largest absolute Gasteiger partial charge is 0.595 e. The topological polar surface area (TPSA) is 88.7 Å². The zero-order valence-electron chi connectivity index (χ0n) is 11.2. The maximum atomic E-state index is 11.6. The highest BCUT2D eigenvalue weighted by atomic mass is 16.6. The number of ether oxygens (including phenoxy) is 1. The first-order valence-electron chi connectivity index (χ1n) is 6.33. The van der Waals surface area contributed by atoms with E-state index in [0.717, 1.165) is 12.8 Å². The van der Waals surface area contributed by atoms with Gasteiger partial charge in [-0.2, -0.15) is 5.26 Å². The first-order chi connectivity index (χ1) is 8.31. The molecule has 2 unspecified atom stereocenters. The molecule has 0 aliphatic heterocycles. The van der Waals surface area contributed by atoms with Gasteiger partial charge in [0.15, 0.2) is 6.10 Å². The van der Waals surface area contributed by atoms with E-state index in [1.165, 1.54) is 6.42 Å². The van der Waals surface area contributed by atoms with Crippen LogP contribution in [-0.4, -0.2) is 28.9 Å². The molecule has 0 amide bonds. The van der Waals surface area contributed by atoms with E-state index in [0.29, 0.717) is 12.3 Å². The van der Waals surface area contributed by atoms with E-state index < -0.39 is 23.8 Å². The van der Waals surface area contributed by atoms with Gasteiger partial charge in [-0.3, -0.25) is 4.99 Å². The molecule has 0 saturated heterocycles. The molecule has 0 radical (unpaired) electrons. The van der Waals surface area contributed by atoms with Crippen molar-refractivity contribution in [2.75, 3.05) is 0 Å². The highest BCUT2D eigenvalue weighted by Gasteiger charge is 2.26. The van der Waals surface area contributed by atoms with Crippen LogP contribution in [-0.2, 0) is 4.74 Å². The Morgan fingerprint density at radius 2 is 2.17 bits per heavy atom. The van der Waals surface area contributed by atoms with Crippen LogP contribution in [0.1, 0.15) is 46.5 Å². The van der Waals surface area contributed by atoms with Crippen molar-refractivity contribution in [2.24, 2.45) is 10.9 Å². The average molecular weight is 253 g/mol. The van der Waals surface area contributed by atoms with Crippen LogP contribution in [0, 0.1) is 17.2 Å². The second kappa shape index (κ2) is 6.05. The van der Waals surface area contributed by atoms with Gasteiger partial charge in [0.25, 0.3) is 0 Å². The van der Waals surface area contributed by atoms with Crippen LogP contribution in [0.25, 0.3) is 0 Å². The van der Waals surface area contributed by atoms with Gasteiger partial charge in [-0.1, -0.05) is 40.0 Å². The van der Waals surface area contributed by atoms with Gasteiger partial charge in [0.1, 0.15) is 6.08 Å². The molecular weight excluding hydrogens is 232 g/mol. The summed E-state index contributed by atoms with van der Waals surface area (Å²) in [5.41, 5.74) is -0.612. The van der Waals surface area contributed by atoms with Gasteiger partial charge >= 0.3 is 0 Å². The number of hydrogen-bond donors (Lipinski definition) is 1. The fourth-order valence-electron chi connectivity index (χ4n) is 1.83. The third-order valence-corrected chi connectivity index (χ3v) is 2.96. The molecule has 1 rings (SSSR count). The third kappa shape index (κ3) is 4.92. The molecule has 0 bridgehead atoms. The predicted octanol–water partition coefficient (Wildman–Crippen LogP) is 0.961. The van der Waals surface area contributed by atoms with Crippen molar-refractivity contribution in [1.29, 1.82) is 5.26 Å².